The third-order valence-electron chi connectivity index (χ3n) is 3.22. The topological polar surface area (TPSA) is 58.5 Å². The minimum absolute atomic E-state index is 0.0801. The maximum absolute atomic E-state index is 12.3. The number of anilines is 1. The third-order valence-corrected chi connectivity index (χ3v) is 5.93. The van der Waals surface area contributed by atoms with Crippen LogP contribution in [0, 0.1) is 0 Å². The third kappa shape index (κ3) is 3.14. The van der Waals surface area contributed by atoms with E-state index in [0.717, 1.165) is 5.56 Å². The van der Waals surface area contributed by atoms with Gasteiger partial charge >= 0.3 is 0 Å². The number of halogens is 1. The predicted octanol–water partition coefficient (Wildman–Crippen LogP) is 4.30. The van der Waals surface area contributed by atoms with Crippen LogP contribution in [0.2, 0.25) is 5.02 Å². The van der Waals surface area contributed by atoms with Crippen LogP contribution < -0.4 is 5.32 Å². The summed E-state index contributed by atoms with van der Waals surface area (Å²) in [6.45, 7) is 2.01. The number of amidine groups is 1. The van der Waals surface area contributed by atoms with Gasteiger partial charge in [0.15, 0.2) is 5.17 Å². The van der Waals surface area contributed by atoms with E-state index in [2.05, 4.69) is 9.71 Å². The molecular weight excluding hydrogens is 340 g/mol. The molecule has 0 radical (unpaired) electrons. The molecule has 114 valence electrons. The van der Waals surface area contributed by atoms with Crippen molar-refractivity contribution in [2.45, 2.75) is 17.1 Å². The Morgan fingerprint density at radius 1 is 1.18 bits per heavy atom. The van der Waals surface area contributed by atoms with Gasteiger partial charge in [0.25, 0.3) is 10.0 Å². The van der Waals surface area contributed by atoms with Crippen molar-refractivity contribution in [3.8, 4) is 0 Å². The van der Waals surface area contributed by atoms with Crippen LogP contribution in [0.25, 0.3) is 0 Å². The highest BCUT2D eigenvalue weighted by atomic mass is 35.5. The van der Waals surface area contributed by atoms with Gasteiger partial charge in [0.2, 0.25) is 0 Å². The molecule has 0 saturated carbocycles. The molecule has 0 amide bonds. The largest absolute Gasteiger partial charge is 0.333 e. The number of benzene rings is 2. The first-order chi connectivity index (χ1) is 10.5. The first-order valence-electron chi connectivity index (χ1n) is 6.59. The lowest BCUT2D eigenvalue weighted by Crippen LogP contribution is -2.19. The van der Waals surface area contributed by atoms with Gasteiger partial charge in [-0.2, -0.15) is 8.42 Å². The molecule has 3 rings (SSSR count). The Hall–Kier alpha value is -1.50. The van der Waals surface area contributed by atoms with Crippen molar-refractivity contribution >= 4 is 44.2 Å². The van der Waals surface area contributed by atoms with Gasteiger partial charge in [-0.3, -0.25) is 0 Å². The molecule has 1 aliphatic heterocycles. The number of thioether (sulfide) groups is 1. The summed E-state index contributed by atoms with van der Waals surface area (Å²) >= 11 is 7.23. The van der Waals surface area contributed by atoms with E-state index in [9.17, 15) is 8.42 Å². The van der Waals surface area contributed by atoms with Crippen LogP contribution >= 0.6 is 23.4 Å². The van der Waals surface area contributed by atoms with Crippen LogP contribution in [0.3, 0.4) is 0 Å². The molecule has 0 spiro atoms. The molecule has 0 aromatic heterocycles. The molecule has 0 fully saturated rings. The SMILES string of the molecule is CC(SC1=NS(=O)(=O)c2cc(Cl)ccc2N1)c1ccccc1. The fourth-order valence-electron chi connectivity index (χ4n) is 2.12. The summed E-state index contributed by atoms with van der Waals surface area (Å²) < 4.78 is 28.4. The molecule has 1 heterocycles. The number of nitrogens with zero attached hydrogens (tertiary/aromatic N) is 1. The molecule has 1 N–H and O–H groups in total. The summed E-state index contributed by atoms with van der Waals surface area (Å²) in [4.78, 5) is 0.108. The van der Waals surface area contributed by atoms with Crippen molar-refractivity contribution in [3.05, 3.63) is 59.1 Å². The van der Waals surface area contributed by atoms with Gasteiger partial charge in [0.1, 0.15) is 4.90 Å². The minimum Gasteiger partial charge on any atom is -0.333 e. The molecule has 7 heteroatoms. The van der Waals surface area contributed by atoms with Crippen LogP contribution in [-0.4, -0.2) is 13.6 Å². The van der Waals surface area contributed by atoms with Gasteiger partial charge in [0.05, 0.1) is 5.69 Å². The average Bonchev–Trinajstić information content (AvgIpc) is 2.48. The fraction of sp³-hybridized carbons (Fsp3) is 0.133. The number of hydrogen-bond acceptors (Lipinski definition) is 4. The van der Waals surface area contributed by atoms with Crippen molar-refractivity contribution in [3.63, 3.8) is 0 Å². The summed E-state index contributed by atoms with van der Waals surface area (Å²) in [6.07, 6.45) is 0. The number of hydrogen-bond donors (Lipinski definition) is 1. The van der Waals surface area contributed by atoms with Crippen LogP contribution in [0.4, 0.5) is 5.69 Å². The van der Waals surface area contributed by atoms with Crippen LogP contribution in [0.1, 0.15) is 17.7 Å². The summed E-state index contributed by atoms with van der Waals surface area (Å²) in [7, 11) is -3.72. The monoisotopic (exact) mass is 352 g/mol. The smallest absolute Gasteiger partial charge is 0.286 e. The quantitative estimate of drug-likeness (QED) is 0.875. The number of nitrogens with one attached hydrogen (secondary N) is 1. The van der Waals surface area contributed by atoms with E-state index in [1.807, 2.05) is 37.3 Å². The Bertz CT molecular complexity index is 836. The number of sulfonamides is 1. The Balaban J connectivity index is 1.89. The summed E-state index contributed by atoms with van der Waals surface area (Å²) in [6, 6.07) is 14.6. The lowest BCUT2D eigenvalue weighted by Gasteiger charge is -2.20. The Kier molecular flexibility index (Phi) is 4.16. The minimum atomic E-state index is -3.72. The lowest BCUT2D eigenvalue weighted by atomic mass is 10.2. The fourth-order valence-corrected chi connectivity index (χ4v) is 4.66. The van der Waals surface area contributed by atoms with E-state index < -0.39 is 10.0 Å². The summed E-state index contributed by atoms with van der Waals surface area (Å²) in [5, 5.41) is 3.87. The van der Waals surface area contributed by atoms with Crippen molar-refractivity contribution in [2.24, 2.45) is 4.40 Å². The number of rotatable bonds is 2. The first-order valence-corrected chi connectivity index (χ1v) is 9.28. The molecule has 1 atom stereocenters. The molecule has 1 aliphatic rings. The van der Waals surface area contributed by atoms with Crippen LogP contribution in [-0.2, 0) is 10.0 Å². The normalized spacial score (nSPS) is 17.1. The van der Waals surface area contributed by atoms with Gasteiger partial charge in [-0.15, -0.1) is 4.40 Å². The van der Waals surface area contributed by atoms with E-state index in [1.165, 1.54) is 17.8 Å². The molecular formula is C15H13ClN2O2S2. The van der Waals surface area contributed by atoms with Crippen molar-refractivity contribution in [1.82, 2.24) is 0 Å². The zero-order valence-corrected chi connectivity index (χ0v) is 14.0. The molecule has 0 bridgehead atoms. The van der Waals surface area contributed by atoms with Crippen LogP contribution in [0.15, 0.2) is 57.8 Å². The molecule has 22 heavy (non-hydrogen) atoms. The molecule has 1 unspecified atom stereocenters. The highest BCUT2D eigenvalue weighted by Gasteiger charge is 2.26. The second kappa shape index (κ2) is 5.95. The van der Waals surface area contributed by atoms with Crippen molar-refractivity contribution in [1.29, 1.82) is 0 Å². The molecule has 2 aromatic rings. The van der Waals surface area contributed by atoms with Crippen molar-refractivity contribution < 1.29 is 8.42 Å². The van der Waals surface area contributed by atoms with Crippen molar-refractivity contribution in [2.75, 3.05) is 5.32 Å². The van der Waals surface area contributed by atoms with E-state index in [1.54, 1.807) is 12.1 Å². The number of fused-ring (bicyclic) bond motifs is 1. The molecule has 4 nitrogen and oxygen atoms in total. The maximum atomic E-state index is 12.3. The second-order valence-electron chi connectivity index (χ2n) is 4.81. The maximum Gasteiger partial charge on any atom is 0.286 e. The first kappa shape index (κ1) is 15.4. The highest BCUT2D eigenvalue weighted by molar-refractivity contribution is 8.15. The Morgan fingerprint density at radius 3 is 2.64 bits per heavy atom. The van der Waals surface area contributed by atoms with Gasteiger partial charge in [-0.25, -0.2) is 0 Å². The van der Waals surface area contributed by atoms with Gasteiger partial charge in [0, 0.05) is 10.3 Å². The Morgan fingerprint density at radius 2 is 1.91 bits per heavy atom. The second-order valence-corrected chi connectivity index (χ2v) is 8.15. The van der Waals surface area contributed by atoms with Gasteiger partial charge in [-0.1, -0.05) is 53.7 Å². The molecule has 2 aromatic carbocycles. The van der Waals surface area contributed by atoms with Gasteiger partial charge in [-0.05, 0) is 30.7 Å². The standard InChI is InChI=1S/C15H13ClN2O2S2/c1-10(11-5-3-2-4-6-11)21-15-17-13-8-7-12(16)9-14(13)22(19,20)18-15/h2-10H,1H3,(H,17,18). The van der Waals surface area contributed by atoms with E-state index in [4.69, 9.17) is 11.6 Å². The lowest BCUT2D eigenvalue weighted by molar-refractivity contribution is 0.598. The highest BCUT2D eigenvalue weighted by Crippen LogP contribution is 2.35. The summed E-state index contributed by atoms with van der Waals surface area (Å²) in [5.41, 5.74) is 1.61. The molecule has 0 saturated heterocycles. The van der Waals surface area contributed by atoms with Gasteiger partial charge < -0.3 is 5.32 Å². The van der Waals surface area contributed by atoms with E-state index >= 15 is 0 Å². The molecule has 0 aliphatic carbocycles. The summed E-state index contributed by atoms with van der Waals surface area (Å²) in [5.74, 6) is 0. The average molecular weight is 353 g/mol. The zero-order chi connectivity index (χ0) is 15.7. The van der Waals surface area contributed by atoms with E-state index in [-0.39, 0.29) is 10.1 Å². The van der Waals surface area contributed by atoms with E-state index in [0.29, 0.717) is 15.9 Å². The van der Waals surface area contributed by atoms with Crippen LogP contribution in [0.5, 0.6) is 0 Å². The predicted molar refractivity (Wildman–Crippen MR) is 92.1 cm³/mol. The Labute approximate surface area is 138 Å². The zero-order valence-electron chi connectivity index (χ0n) is 11.7.